The molecule has 0 aliphatic heterocycles. The second-order valence-corrected chi connectivity index (χ2v) is 6.64. The third-order valence-corrected chi connectivity index (χ3v) is 4.41. The number of aromatic nitrogens is 1. The number of aryl methyl sites for hydroxylation is 1. The van der Waals surface area contributed by atoms with Crippen molar-refractivity contribution in [2.75, 3.05) is 16.0 Å². The fourth-order valence-corrected chi connectivity index (χ4v) is 2.97. The number of hydrogen-bond acceptors (Lipinski definition) is 4. The molecule has 27 heavy (non-hydrogen) atoms. The van der Waals surface area contributed by atoms with Gasteiger partial charge in [-0.15, -0.1) is 11.3 Å². The molecule has 3 rings (SSSR count). The summed E-state index contributed by atoms with van der Waals surface area (Å²) in [7, 11) is 0. The lowest BCUT2D eigenvalue weighted by Gasteiger charge is -2.05. The summed E-state index contributed by atoms with van der Waals surface area (Å²) >= 11 is 1.22. The number of nitrogens with one attached hydrogen (secondary N) is 3. The summed E-state index contributed by atoms with van der Waals surface area (Å²) in [6, 6.07) is 13.1. The molecular formula is C19H17FN4O2S. The average molecular weight is 384 g/mol. The summed E-state index contributed by atoms with van der Waals surface area (Å²) in [5, 5.41) is 10.0. The number of carbonyl (C=O) groups excluding carboxylic acids is 2. The molecule has 1 heterocycles. The van der Waals surface area contributed by atoms with Crippen LogP contribution in [0, 0.1) is 12.7 Å². The Labute approximate surface area is 159 Å². The lowest BCUT2D eigenvalue weighted by atomic mass is 10.2. The smallest absolute Gasteiger partial charge is 0.325 e. The number of urea groups is 1. The first kappa shape index (κ1) is 18.5. The van der Waals surface area contributed by atoms with Gasteiger partial charge < -0.3 is 10.6 Å². The molecule has 8 heteroatoms. The minimum absolute atomic E-state index is 0.0218. The molecule has 1 aromatic heterocycles. The van der Waals surface area contributed by atoms with Crippen LogP contribution >= 0.6 is 11.3 Å². The van der Waals surface area contributed by atoms with E-state index in [1.54, 1.807) is 36.6 Å². The second-order valence-electron chi connectivity index (χ2n) is 5.78. The fraction of sp³-hybridized carbons (Fsp3) is 0.105. The van der Waals surface area contributed by atoms with Crippen LogP contribution in [0.25, 0.3) is 0 Å². The monoisotopic (exact) mass is 384 g/mol. The van der Waals surface area contributed by atoms with Crippen molar-refractivity contribution in [2.24, 2.45) is 0 Å². The van der Waals surface area contributed by atoms with Crippen molar-refractivity contribution in [3.05, 3.63) is 71.0 Å². The Morgan fingerprint density at radius 1 is 1.04 bits per heavy atom. The molecule has 0 fully saturated rings. The summed E-state index contributed by atoms with van der Waals surface area (Å²) in [6.45, 7) is 1.65. The molecule has 3 amide bonds. The number of thiazole rings is 1. The molecule has 0 spiro atoms. The first-order valence-electron chi connectivity index (χ1n) is 8.13. The van der Waals surface area contributed by atoms with E-state index in [0.717, 1.165) is 0 Å². The maximum Gasteiger partial charge on any atom is 0.325 e. The molecule has 2 aromatic carbocycles. The van der Waals surface area contributed by atoms with Gasteiger partial charge in [0.05, 0.1) is 12.1 Å². The van der Waals surface area contributed by atoms with Crippen LogP contribution in [-0.4, -0.2) is 16.9 Å². The Hall–Kier alpha value is -3.26. The van der Waals surface area contributed by atoms with Gasteiger partial charge in [0.2, 0.25) is 5.91 Å². The van der Waals surface area contributed by atoms with Crippen LogP contribution in [0.5, 0.6) is 0 Å². The SMILES string of the molecule is Cc1ccc(NC(=O)Cc2csc(NC(=O)Nc3ccccc3)n2)cc1F. The van der Waals surface area contributed by atoms with Gasteiger partial charge in [-0.3, -0.25) is 10.1 Å². The summed E-state index contributed by atoms with van der Waals surface area (Å²) in [4.78, 5) is 28.2. The molecule has 0 saturated heterocycles. The normalized spacial score (nSPS) is 10.3. The van der Waals surface area contributed by atoms with E-state index in [9.17, 15) is 14.0 Å². The first-order valence-corrected chi connectivity index (χ1v) is 9.01. The zero-order chi connectivity index (χ0) is 19.2. The fourth-order valence-electron chi connectivity index (χ4n) is 2.27. The molecule has 138 valence electrons. The van der Waals surface area contributed by atoms with Crippen molar-refractivity contribution in [1.82, 2.24) is 4.98 Å². The molecule has 3 N–H and O–H groups in total. The van der Waals surface area contributed by atoms with Crippen molar-refractivity contribution >= 4 is 39.8 Å². The van der Waals surface area contributed by atoms with Crippen molar-refractivity contribution in [1.29, 1.82) is 0 Å². The van der Waals surface area contributed by atoms with Crippen LogP contribution in [0.4, 0.5) is 25.7 Å². The van der Waals surface area contributed by atoms with Crippen molar-refractivity contribution in [3.63, 3.8) is 0 Å². The molecule has 0 radical (unpaired) electrons. The van der Waals surface area contributed by atoms with E-state index in [1.165, 1.54) is 17.4 Å². The van der Waals surface area contributed by atoms with Gasteiger partial charge >= 0.3 is 6.03 Å². The topological polar surface area (TPSA) is 83.1 Å². The van der Waals surface area contributed by atoms with Crippen LogP contribution in [0.2, 0.25) is 0 Å². The molecule has 0 unspecified atom stereocenters. The van der Waals surface area contributed by atoms with Gasteiger partial charge in [-0.1, -0.05) is 24.3 Å². The van der Waals surface area contributed by atoms with E-state index in [-0.39, 0.29) is 18.1 Å². The number of anilines is 3. The third-order valence-electron chi connectivity index (χ3n) is 3.60. The minimum Gasteiger partial charge on any atom is -0.326 e. The number of halogens is 1. The van der Waals surface area contributed by atoms with Crippen molar-refractivity contribution < 1.29 is 14.0 Å². The van der Waals surface area contributed by atoms with Gasteiger partial charge in [-0.25, -0.2) is 14.2 Å². The Morgan fingerprint density at radius 2 is 1.81 bits per heavy atom. The number of hydrogen-bond donors (Lipinski definition) is 3. The Kier molecular flexibility index (Phi) is 5.77. The zero-order valence-corrected chi connectivity index (χ0v) is 15.3. The minimum atomic E-state index is -0.415. The third kappa shape index (κ3) is 5.35. The number of para-hydroxylation sites is 1. The standard InChI is InChI=1S/C19H17FN4O2S/c1-12-7-8-14(9-16(12)20)21-17(25)10-15-11-27-19(23-15)24-18(26)22-13-5-3-2-4-6-13/h2-9,11H,10H2,1H3,(H,21,25)(H2,22,23,24,26). The lowest BCUT2D eigenvalue weighted by Crippen LogP contribution is -2.19. The maximum atomic E-state index is 13.5. The molecule has 6 nitrogen and oxygen atoms in total. The Morgan fingerprint density at radius 3 is 2.56 bits per heavy atom. The first-order chi connectivity index (χ1) is 13.0. The molecule has 0 saturated carbocycles. The van der Waals surface area contributed by atoms with Gasteiger partial charge in [-0.05, 0) is 36.8 Å². The molecule has 3 aromatic rings. The van der Waals surface area contributed by atoms with Crippen LogP contribution in [0.3, 0.4) is 0 Å². The number of benzene rings is 2. The van der Waals surface area contributed by atoms with Gasteiger partial charge in [0.1, 0.15) is 5.82 Å². The van der Waals surface area contributed by atoms with E-state index in [0.29, 0.717) is 27.8 Å². The predicted molar refractivity (Wildman–Crippen MR) is 105 cm³/mol. The Bertz CT molecular complexity index is 959. The Balaban J connectivity index is 1.53. The van der Waals surface area contributed by atoms with E-state index >= 15 is 0 Å². The second kappa shape index (κ2) is 8.41. The molecule has 0 aliphatic carbocycles. The van der Waals surface area contributed by atoms with Crippen LogP contribution in [-0.2, 0) is 11.2 Å². The van der Waals surface area contributed by atoms with Gasteiger partial charge in [-0.2, -0.15) is 0 Å². The zero-order valence-electron chi connectivity index (χ0n) is 14.5. The van der Waals surface area contributed by atoms with Crippen LogP contribution in [0.1, 0.15) is 11.3 Å². The molecule has 0 bridgehead atoms. The predicted octanol–water partition coefficient (Wildman–Crippen LogP) is 4.42. The van der Waals surface area contributed by atoms with Crippen LogP contribution < -0.4 is 16.0 Å². The summed E-state index contributed by atoms with van der Waals surface area (Å²) in [6.07, 6.45) is 0.0218. The van der Waals surface area contributed by atoms with Gasteiger partial charge in [0, 0.05) is 16.8 Å². The maximum absolute atomic E-state index is 13.5. The van der Waals surface area contributed by atoms with Crippen molar-refractivity contribution in [3.8, 4) is 0 Å². The van der Waals surface area contributed by atoms with E-state index in [4.69, 9.17) is 0 Å². The quantitative estimate of drug-likeness (QED) is 0.609. The highest BCUT2D eigenvalue weighted by Gasteiger charge is 2.11. The number of rotatable bonds is 5. The summed E-state index contributed by atoms with van der Waals surface area (Å²) < 4.78 is 13.5. The molecular weight excluding hydrogens is 367 g/mol. The highest BCUT2D eigenvalue weighted by molar-refractivity contribution is 7.14. The largest absolute Gasteiger partial charge is 0.326 e. The van der Waals surface area contributed by atoms with Crippen molar-refractivity contribution in [2.45, 2.75) is 13.3 Å². The molecule has 0 atom stereocenters. The van der Waals surface area contributed by atoms with E-state index < -0.39 is 6.03 Å². The van der Waals surface area contributed by atoms with E-state index in [1.807, 2.05) is 18.2 Å². The van der Waals surface area contributed by atoms with Gasteiger partial charge in [0.15, 0.2) is 5.13 Å². The number of nitrogens with zero attached hydrogens (tertiary/aromatic N) is 1. The lowest BCUT2D eigenvalue weighted by molar-refractivity contribution is -0.115. The highest BCUT2D eigenvalue weighted by atomic mass is 32.1. The molecule has 0 aliphatic rings. The van der Waals surface area contributed by atoms with Crippen LogP contribution in [0.15, 0.2) is 53.9 Å². The van der Waals surface area contributed by atoms with E-state index in [2.05, 4.69) is 20.9 Å². The highest BCUT2D eigenvalue weighted by Crippen LogP contribution is 2.18. The average Bonchev–Trinajstić information content (AvgIpc) is 3.05. The summed E-state index contributed by atoms with van der Waals surface area (Å²) in [5.74, 6) is -0.693. The van der Waals surface area contributed by atoms with Gasteiger partial charge in [0.25, 0.3) is 0 Å². The summed E-state index contributed by atoms with van der Waals surface area (Å²) in [5.41, 5.74) is 2.08. The number of carbonyl (C=O) groups is 2. The number of amides is 3.